The molecule has 0 heterocycles. The minimum Gasteiger partial charge on any atom is -0.324 e. The predicted octanol–water partition coefficient (Wildman–Crippen LogP) is 2.86. The molecule has 0 saturated carbocycles. The molecule has 0 aromatic heterocycles. The van der Waals surface area contributed by atoms with E-state index in [2.05, 4.69) is 13.5 Å². The van der Waals surface area contributed by atoms with Crippen molar-refractivity contribution in [1.29, 1.82) is 0 Å². The topological polar surface area (TPSA) is 26.0 Å². The molecule has 0 fully saturated rings. The van der Waals surface area contributed by atoms with Crippen molar-refractivity contribution in [3.05, 3.63) is 12.2 Å². The van der Waals surface area contributed by atoms with Gasteiger partial charge in [-0.3, -0.25) is 0 Å². The first-order valence-electron chi connectivity index (χ1n) is 4.59. The third kappa shape index (κ3) is 6.11. The van der Waals surface area contributed by atoms with Gasteiger partial charge >= 0.3 is 0 Å². The fraction of sp³-hybridized carbons (Fsp3) is 0.800. The summed E-state index contributed by atoms with van der Waals surface area (Å²) in [5, 5.41) is 0. The SMILES string of the molecule is C=C(C)C(N)CCCCCC. The highest BCUT2D eigenvalue weighted by atomic mass is 14.6. The van der Waals surface area contributed by atoms with Gasteiger partial charge in [-0.1, -0.05) is 44.8 Å². The van der Waals surface area contributed by atoms with Crippen LogP contribution in [0.1, 0.15) is 46.0 Å². The van der Waals surface area contributed by atoms with E-state index in [1.54, 1.807) is 0 Å². The largest absolute Gasteiger partial charge is 0.324 e. The van der Waals surface area contributed by atoms with Gasteiger partial charge in [-0.2, -0.15) is 0 Å². The average Bonchev–Trinajstić information content (AvgIpc) is 1.97. The molecule has 1 atom stereocenters. The number of nitrogens with two attached hydrogens (primary N) is 1. The maximum absolute atomic E-state index is 5.80. The van der Waals surface area contributed by atoms with Gasteiger partial charge in [0.2, 0.25) is 0 Å². The van der Waals surface area contributed by atoms with Crippen LogP contribution in [-0.4, -0.2) is 6.04 Å². The molecule has 11 heavy (non-hydrogen) atoms. The molecular weight excluding hydrogens is 134 g/mol. The van der Waals surface area contributed by atoms with Gasteiger partial charge in [-0.25, -0.2) is 0 Å². The van der Waals surface area contributed by atoms with Crippen LogP contribution < -0.4 is 5.73 Å². The monoisotopic (exact) mass is 155 g/mol. The minimum absolute atomic E-state index is 0.229. The maximum atomic E-state index is 5.80. The summed E-state index contributed by atoms with van der Waals surface area (Å²) in [6.45, 7) is 8.05. The van der Waals surface area contributed by atoms with Crippen LogP contribution in [0.2, 0.25) is 0 Å². The van der Waals surface area contributed by atoms with Gasteiger partial charge < -0.3 is 5.73 Å². The van der Waals surface area contributed by atoms with E-state index < -0.39 is 0 Å². The van der Waals surface area contributed by atoms with E-state index in [0.29, 0.717) is 0 Å². The van der Waals surface area contributed by atoms with E-state index >= 15 is 0 Å². The van der Waals surface area contributed by atoms with Gasteiger partial charge in [0, 0.05) is 6.04 Å². The van der Waals surface area contributed by atoms with Crippen LogP contribution in [0.4, 0.5) is 0 Å². The molecule has 1 unspecified atom stereocenters. The minimum atomic E-state index is 0.229. The molecule has 1 nitrogen and oxygen atoms in total. The number of unbranched alkanes of at least 4 members (excludes halogenated alkanes) is 3. The van der Waals surface area contributed by atoms with Crippen molar-refractivity contribution < 1.29 is 0 Å². The summed E-state index contributed by atoms with van der Waals surface area (Å²) in [4.78, 5) is 0. The summed E-state index contributed by atoms with van der Waals surface area (Å²) in [5.74, 6) is 0. The molecule has 1 heteroatoms. The second kappa shape index (κ2) is 6.41. The quantitative estimate of drug-likeness (QED) is 0.463. The highest BCUT2D eigenvalue weighted by Gasteiger charge is 2.00. The van der Waals surface area contributed by atoms with E-state index in [0.717, 1.165) is 12.0 Å². The summed E-state index contributed by atoms with van der Waals surface area (Å²) in [5.41, 5.74) is 6.91. The van der Waals surface area contributed by atoms with Gasteiger partial charge in [-0.15, -0.1) is 0 Å². The second-order valence-electron chi connectivity index (χ2n) is 3.30. The number of hydrogen-bond acceptors (Lipinski definition) is 1. The zero-order valence-corrected chi connectivity index (χ0v) is 7.90. The Morgan fingerprint density at radius 2 is 2.00 bits per heavy atom. The van der Waals surface area contributed by atoms with Gasteiger partial charge in [0.05, 0.1) is 0 Å². The zero-order valence-electron chi connectivity index (χ0n) is 7.90. The third-order valence-corrected chi connectivity index (χ3v) is 2.00. The fourth-order valence-corrected chi connectivity index (χ4v) is 1.04. The van der Waals surface area contributed by atoms with E-state index in [9.17, 15) is 0 Å². The molecule has 66 valence electrons. The van der Waals surface area contributed by atoms with Crippen LogP contribution >= 0.6 is 0 Å². The first kappa shape index (κ1) is 10.7. The Kier molecular flexibility index (Phi) is 6.24. The van der Waals surface area contributed by atoms with Gasteiger partial charge in [0.25, 0.3) is 0 Å². The Morgan fingerprint density at radius 3 is 2.45 bits per heavy atom. The molecule has 0 saturated heterocycles. The summed E-state index contributed by atoms with van der Waals surface area (Å²) < 4.78 is 0. The fourth-order valence-electron chi connectivity index (χ4n) is 1.04. The molecule has 0 rings (SSSR count). The average molecular weight is 155 g/mol. The van der Waals surface area contributed by atoms with Crippen molar-refractivity contribution in [3.63, 3.8) is 0 Å². The predicted molar refractivity (Wildman–Crippen MR) is 51.5 cm³/mol. The zero-order chi connectivity index (χ0) is 8.69. The highest BCUT2D eigenvalue weighted by Crippen LogP contribution is 2.07. The Balaban J connectivity index is 3.17. The van der Waals surface area contributed by atoms with Crippen molar-refractivity contribution in [2.45, 2.75) is 52.0 Å². The number of hydrogen-bond donors (Lipinski definition) is 1. The molecule has 0 aromatic carbocycles. The second-order valence-corrected chi connectivity index (χ2v) is 3.30. The Labute approximate surface area is 70.7 Å². The lowest BCUT2D eigenvalue weighted by Gasteiger charge is -2.09. The Hall–Kier alpha value is -0.300. The van der Waals surface area contributed by atoms with Crippen LogP contribution in [0.5, 0.6) is 0 Å². The van der Waals surface area contributed by atoms with Gasteiger partial charge in [-0.05, 0) is 13.3 Å². The Morgan fingerprint density at radius 1 is 1.36 bits per heavy atom. The lowest BCUT2D eigenvalue weighted by Crippen LogP contribution is -2.20. The lowest BCUT2D eigenvalue weighted by molar-refractivity contribution is 0.588. The molecule has 0 radical (unpaired) electrons. The summed E-state index contributed by atoms with van der Waals surface area (Å²) in [6, 6.07) is 0.229. The molecule has 0 spiro atoms. The van der Waals surface area contributed by atoms with Crippen LogP contribution in [0, 0.1) is 0 Å². The Bertz CT molecular complexity index is 107. The van der Waals surface area contributed by atoms with Crippen molar-refractivity contribution in [1.82, 2.24) is 0 Å². The molecule has 0 aliphatic rings. The highest BCUT2D eigenvalue weighted by molar-refractivity contribution is 4.99. The third-order valence-electron chi connectivity index (χ3n) is 2.00. The van der Waals surface area contributed by atoms with Crippen LogP contribution in [0.3, 0.4) is 0 Å². The van der Waals surface area contributed by atoms with Crippen molar-refractivity contribution in [2.75, 3.05) is 0 Å². The number of rotatable bonds is 6. The molecule has 2 N–H and O–H groups in total. The van der Waals surface area contributed by atoms with Gasteiger partial charge in [0.15, 0.2) is 0 Å². The summed E-state index contributed by atoms with van der Waals surface area (Å²) in [6.07, 6.45) is 6.31. The molecule has 0 aliphatic carbocycles. The van der Waals surface area contributed by atoms with Gasteiger partial charge in [0.1, 0.15) is 0 Å². The maximum Gasteiger partial charge on any atom is 0.0248 e. The van der Waals surface area contributed by atoms with Crippen molar-refractivity contribution in [2.24, 2.45) is 5.73 Å². The van der Waals surface area contributed by atoms with E-state index in [4.69, 9.17) is 5.73 Å². The van der Waals surface area contributed by atoms with Crippen molar-refractivity contribution >= 4 is 0 Å². The lowest BCUT2D eigenvalue weighted by atomic mass is 10.0. The standard InChI is InChI=1S/C10H21N/c1-4-5-6-7-8-10(11)9(2)3/h10H,2,4-8,11H2,1,3H3. The van der Waals surface area contributed by atoms with Crippen LogP contribution in [0.15, 0.2) is 12.2 Å². The van der Waals surface area contributed by atoms with Crippen LogP contribution in [-0.2, 0) is 0 Å². The molecule has 0 aromatic rings. The first-order chi connectivity index (χ1) is 5.18. The first-order valence-corrected chi connectivity index (χ1v) is 4.59. The molecular formula is C10H21N. The van der Waals surface area contributed by atoms with Crippen LogP contribution in [0.25, 0.3) is 0 Å². The molecule has 0 aliphatic heterocycles. The molecule has 0 bridgehead atoms. The normalized spacial score (nSPS) is 13.0. The summed E-state index contributed by atoms with van der Waals surface area (Å²) in [7, 11) is 0. The van der Waals surface area contributed by atoms with Crippen molar-refractivity contribution in [3.8, 4) is 0 Å². The van der Waals surface area contributed by atoms with E-state index in [-0.39, 0.29) is 6.04 Å². The smallest absolute Gasteiger partial charge is 0.0248 e. The summed E-state index contributed by atoms with van der Waals surface area (Å²) >= 11 is 0. The van der Waals surface area contributed by atoms with E-state index in [1.165, 1.54) is 25.7 Å². The van der Waals surface area contributed by atoms with E-state index in [1.807, 2.05) is 6.92 Å². The molecule has 0 amide bonds.